The van der Waals surface area contributed by atoms with Crippen molar-refractivity contribution in [3.8, 4) is 12.3 Å². The summed E-state index contributed by atoms with van der Waals surface area (Å²) in [4.78, 5) is 16.6. The molecule has 1 unspecified atom stereocenters. The van der Waals surface area contributed by atoms with Gasteiger partial charge in [0, 0.05) is 18.9 Å². The summed E-state index contributed by atoms with van der Waals surface area (Å²) < 4.78 is 12.6. The van der Waals surface area contributed by atoms with Gasteiger partial charge in [-0.1, -0.05) is 0 Å². The molecule has 1 aromatic rings. The van der Waals surface area contributed by atoms with Crippen molar-refractivity contribution in [3.05, 3.63) is 24.3 Å². The number of carbonyl (C=O) groups excluding carboxylic acids is 1. The third-order valence-corrected chi connectivity index (χ3v) is 2.38. The van der Waals surface area contributed by atoms with Crippen molar-refractivity contribution in [2.75, 3.05) is 11.4 Å². The molecule has 0 aromatic carbocycles. The summed E-state index contributed by atoms with van der Waals surface area (Å²) in [5.74, 6) is 1.90. The lowest BCUT2D eigenvalue weighted by molar-refractivity contribution is -0.117. The van der Waals surface area contributed by atoms with Crippen LogP contribution >= 0.6 is 0 Å². The molecule has 15 heavy (non-hydrogen) atoms. The second-order valence-electron chi connectivity index (χ2n) is 3.41. The van der Waals surface area contributed by atoms with Crippen LogP contribution in [0.2, 0.25) is 0 Å². The van der Waals surface area contributed by atoms with Gasteiger partial charge in [-0.05, 0) is 12.1 Å². The third-order valence-electron chi connectivity index (χ3n) is 2.38. The van der Waals surface area contributed by atoms with E-state index in [0.717, 1.165) is 0 Å². The molecule has 1 aromatic heterocycles. The molecule has 76 valence electrons. The molecule has 0 N–H and O–H groups in total. The van der Waals surface area contributed by atoms with E-state index in [0.29, 0.717) is 18.7 Å². The topological polar surface area (TPSA) is 33.2 Å². The van der Waals surface area contributed by atoms with E-state index < -0.39 is 5.95 Å². The second-order valence-corrected chi connectivity index (χ2v) is 3.41. The summed E-state index contributed by atoms with van der Waals surface area (Å²) in [6.07, 6.45) is 6.95. The molecule has 4 heteroatoms. The highest BCUT2D eigenvalue weighted by atomic mass is 19.1. The van der Waals surface area contributed by atoms with E-state index in [9.17, 15) is 9.18 Å². The van der Waals surface area contributed by atoms with Crippen LogP contribution in [-0.4, -0.2) is 17.4 Å². The molecule has 1 atom stereocenters. The van der Waals surface area contributed by atoms with Crippen molar-refractivity contribution in [1.82, 2.24) is 4.98 Å². The average Bonchev–Trinajstić information content (AvgIpc) is 2.61. The maximum Gasteiger partial charge on any atom is 0.228 e. The minimum Gasteiger partial charge on any atom is -0.310 e. The van der Waals surface area contributed by atoms with Crippen molar-refractivity contribution in [1.29, 1.82) is 0 Å². The number of rotatable bonds is 1. The van der Waals surface area contributed by atoms with Crippen molar-refractivity contribution in [2.24, 2.45) is 5.92 Å². The fourth-order valence-electron chi connectivity index (χ4n) is 1.60. The van der Waals surface area contributed by atoms with E-state index in [1.165, 1.54) is 23.2 Å². The minimum absolute atomic E-state index is 0.0358. The zero-order chi connectivity index (χ0) is 10.8. The summed E-state index contributed by atoms with van der Waals surface area (Å²) >= 11 is 0. The van der Waals surface area contributed by atoms with Crippen LogP contribution in [0.5, 0.6) is 0 Å². The fraction of sp³-hybridized carbons (Fsp3) is 0.273. The zero-order valence-corrected chi connectivity index (χ0v) is 7.98. The number of carbonyl (C=O) groups is 1. The minimum atomic E-state index is -0.557. The lowest BCUT2D eigenvalue weighted by Crippen LogP contribution is -2.24. The summed E-state index contributed by atoms with van der Waals surface area (Å²) in [5, 5.41) is 0. The van der Waals surface area contributed by atoms with Gasteiger partial charge in [-0.25, -0.2) is 4.98 Å². The Balaban J connectivity index is 2.22. The van der Waals surface area contributed by atoms with Gasteiger partial charge in [0.2, 0.25) is 11.9 Å². The predicted octanol–water partition coefficient (Wildman–Crippen LogP) is 1.21. The Bertz CT molecular complexity index is 421. The predicted molar refractivity (Wildman–Crippen MR) is 53.5 cm³/mol. The quantitative estimate of drug-likeness (QED) is 0.509. The van der Waals surface area contributed by atoms with Crippen LogP contribution in [0, 0.1) is 24.2 Å². The lowest BCUT2D eigenvalue weighted by Gasteiger charge is -2.14. The van der Waals surface area contributed by atoms with Gasteiger partial charge in [0.15, 0.2) is 0 Å². The number of aromatic nitrogens is 1. The number of hydrogen-bond donors (Lipinski definition) is 0. The fourth-order valence-corrected chi connectivity index (χ4v) is 1.60. The van der Waals surface area contributed by atoms with Gasteiger partial charge < -0.3 is 4.90 Å². The van der Waals surface area contributed by atoms with E-state index in [-0.39, 0.29) is 11.8 Å². The van der Waals surface area contributed by atoms with E-state index in [1.807, 2.05) is 0 Å². The number of terminal acetylenes is 1. The Labute approximate surface area is 86.9 Å². The van der Waals surface area contributed by atoms with Crippen molar-refractivity contribution < 1.29 is 9.18 Å². The molecule has 1 fully saturated rings. The highest BCUT2D eigenvalue weighted by Crippen LogP contribution is 2.23. The van der Waals surface area contributed by atoms with Crippen molar-refractivity contribution in [2.45, 2.75) is 6.42 Å². The van der Waals surface area contributed by atoms with Crippen LogP contribution in [0.25, 0.3) is 0 Å². The Morgan fingerprint density at radius 3 is 2.93 bits per heavy atom. The van der Waals surface area contributed by atoms with Gasteiger partial charge in [-0.3, -0.25) is 4.79 Å². The molecule has 0 aliphatic carbocycles. The summed E-state index contributed by atoms with van der Waals surface area (Å²) in [6.45, 7) is 0.489. The van der Waals surface area contributed by atoms with Crippen LogP contribution in [-0.2, 0) is 4.79 Å². The largest absolute Gasteiger partial charge is 0.310 e. The van der Waals surface area contributed by atoms with E-state index in [1.54, 1.807) is 0 Å². The van der Waals surface area contributed by atoms with Gasteiger partial charge in [0.1, 0.15) is 0 Å². The summed E-state index contributed by atoms with van der Waals surface area (Å²) in [6, 6.07) is 2.75. The zero-order valence-electron chi connectivity index (χ0n) is 7.98. The molecule has 3 nitrogen and oxygen atoms in total. The number of pyridine rings is 1. The first kappa shape index (κ1) is 9.66. The van der Waals surface area contributed by atoms with Crippen molar-refractivity contribution in [3.63, 3.8) is 0 Å². The Kier molecular flexibility index (Phi) is 2.38. The molecule has 0 radical (unpaired) electrons. The molecule has 1 aliphatic heterocycles. The molecular weight excluding hydrogens is 195 g/mol. The molecule has 1 saturated heterocycles. The molecule has 1 aliphatic rings. The number of halogens is 1. The number of hydrogen-bond acceptors (Lipinski definition) is 2. The van der Waals surface area contributed by atoms with Gasteiger partial charge in [0.05, 0.1) is 11.9 Å². The van der Waals surface area contributed by atoms with Crippen LogP contribution in [0.1, 0.15) is 6.42 Å². The maximum atomic E-state index is 12.6. The van der Waals surface area contributed by atoms with Gasteiger partial charge in [-0.15, -0.1) is 12.3 Å². The first-order valence-corrected chi connectivity index (χ1v) is 4.59. The average molecular weight is 204 g/mol. The Morgan fingerprint density at radius 1 is 1.60 bits per heavy atom. The normalized spacial score (nSPS) is 20.4. The molecule has 0 saturated carbocycles. The van der Waals surface area contributed by atoms with E-state index in [4.69, 9.17) is 6.42 Å². The molecule has 0 bridgehead atoms. The number of anilines is 1. The SMILES string of the molecule is C#CC1CC(=O)N(c2ccc(F)nc2)C1. The highest BCUT2D eigenvalue weighted by molar-refractivity contribution is 5.95. The Hall–Kier alpha value is -1.89. The first-order valence-electron chi connectivity index (χ1n) is 4.59. The monoisotopic (exact) mass is 204 g/mol. The van der Waals surface area contributed by atoms with Gasteiger partial charge in [0.25, 0.3) is 0 Å². The maximum absolute atomic E-state index is 12.6. The van der Waals surface area contributed by atoms with Gasteiger partial charge >= 0.3 is 0 Å². The lowest BCUT2D eigenvalue weighted by atomic mass is 10.1. The molecule has 0 spiro atoms. The Morgan fingerprint density at radius 2 is 2.40 bits per heavy atom. The molecule has 2 heterocycles. The molecular formula is C11H9FN2O. The summed E-state index contributed by atoms with van der Waals surface area (Å²) in [7, 11) is 0. The molecule has 1 amide bonds. The third kappa shape index (κ3) is 1.82. The highest BCUT2D eigenvalue weighted by Gasteiger charge is 2.29. The van der Waals surface area contributed by atoms with Crippen LogP contribution in [0.3, 0.4) is 0 Å². The standard InChI is InChI=1S/C11H9FN2O/c1-2-8-5-11(15)14(7-8)9-3-4-10(12)13-6-9/h1,3-4,6,8H,5,7H2. The number of nitrogens with zero attached hydrogens (tertiary/aromatic N) is 2. The van der Waals surface area contributed by atoms with Crippen LogP contribution < -0.4 is 4.90 Å². The van der Waals surface area contributed by atoms with Gasteiger partial charge in [-0.2, -0.15) is 4.39 Å². The number of amides is 1. The van der Waals surface area contributed by atoms with E-state index in [2.05, 4.69) is 10.9 Å². The smallest absolute Gasteiger partial charge is 0.228 e. The molecule has 2 rings (SSSR count). The first-order chi connectivity index (χ1) is 7.20. The summed E-state index contributed by atoms with van der Waals surface area (Å²) in [5.41, 5.74) is 0.596. The second kappa shape index (κ2) is 3.70. The van der Waals surface area contributed by atoms with Crippen LogP contribution in [0.4, 0.5) is 10.1 Å². The van der Waals surface area contributed by atoms with Crippen molar-refractivity contribution >= 4 is 11.6 Å². The van der Waals surface area contributed by atoms with Crippen LogP contribution in [0.15, 0.2) is 18.3 Å². The van der Waals surface area contributed by atoms with E-state index >= 15 is 0 Å².